The Hall–Kier alpha value is -1.00. The van der Waals surface area contributed by atoms with Gasteiger partial charge in [-0.05, 0) is 84.7 Å². The smallest absolute Gasteiger partial charge is 0.169 e. The Morgan fingerprint density at radius 2 is 1.93 bits per heavy atom. The molecule has 4 rings (SSSR count). The van der Waals surface area contributed by atoms with E-state index >= 15 is 0 Å². The molecule has 0 radical (unpaired) electrons. The highest BCUT2D eigenvalue weighted by atomic mass is 16.3. The summed E-state index contributed by atoms with van der Waals surface area (Å²) in [4.78, 5) is 25.4. The van der Waals surface area contributed by atoms with Gasteiger partial charge in [0, 0.05) is 0 Å². The number of Topliss-reactive ketones (excluding diaryl/α,β-unsaturated/α-hetero) is 2. The molecule has 150 valence electrons. The summed E-state index contributed by atoms with van der Waals surface area (Å²) >= 11 is 0. The predicted octanol–water partition coefficient (Wildman–Crippen LogP) is 3.45. The van der Waals surface area contributed by atoms with Crippen molar-refractivity contribution in [2.45, 2.75) is 78.2 Å². The van der Waals surface area contributed by atoms with E-state index in [1.54, 1.807) is 0 Å². The van der Waals surface area contributed by atoms with Gasteiger partial charge in [0.2, 0.25) is 0 Å². The van der Waals surface area contributed by atoms with E-state index in [1.165, 1.54) is 25.7 Å². The molecule has 0 aliphatic heterocycles. The molecule has 0 bridgehead atoms. The summed E-state index contributed by atoms with van der Waals surface area (Å²) < 4.78 is 0. The first-order valence-corrected chi connectivity index (χ1v) is 10.9. The second-order valence-electron chi connectivity index (χ2n) is 10.1. The number of aliphatic hydroxyl groups excluding tert-OH is 2. The van der Waals surface area contributed by atoms with Crippen molar-refractivity contribution < 1.29 is 19.8 Å². The van der Waals surface area contributed by atoms with Crippen molar-refractivity contribution in [3.05, 3.63) is 11.1 Å². The zero-order chi connectivity index (χ0) is 19.6. The van der Waals surface area contributed by atoms with Crippen LogP contribution < -0.4 is 0 Å². The topological polar surface area (TPSA) is 74.6 Å². The zero-order valence-electron chi connectivity index (χ0n) is 17.0. The van der Waals surface area contributed by atoms with Crippen LogP contribution in [0.2, 0.25) is 0 Å². The summed E-state index contributed by atoms with van der Waals surface area (Å²) in [7, 11) is 0. The average Bonchev–Trinajstić information content (AvgIpc) is 3.04. The minimum Gasteiger partial charge on any atom is -0.389 e. The summed E-state index contributed by atoms with van der Waals surface area (Å²) in [6.07, 6.45) is 7.37. The predicted molar refractivity (Wildman–Crippen MR) is 103 cm³/mol. The van der Waals surface area contributed by atoms with Gasteiger partial charge in [-0.25, -0.2) is 0 Å². The van der Waals surface area contributed by atoms with Gasteiger partial charge < -0.3 is 10.2 Å². The Balaban J connectivity index is 1.80. The highest BCUT2D eigenvalue weighted by Gasteiger charge is 2.60. The maximum absolute atomic E-state index is 13.0. The van der Waals surface area contributed by atoms with E-state index in [9.17, 15) is 19.8 Å². The van der Waals surface area contributed by atoms with E-state index in [2.05, 4.69) is 13.8 Å². The molecule has 0 amide bonds. The largest absolute Gasteiger partial charge is 0.389 e. The highest BCUT2D eigenvalue weighted by Crippen LogP contribution is 2.66. The summed E-state index contributed by atoms with van der Waals surface area (Å²) in [5, 5.41) is 20.6. The molecule has 0 aromatic heterocycles. The normalized spacial score (nSPS) is 46.7. The number of fused-ring (bicyclic) bond motifs is 5. The molecule has 4 aliphatic carbocycles. The molecule has 4 nitrogen and oxygen atoms in total. The van der Waals surface area contributed by atoms with Crippen molar-refractivity contribution in [2.24, 2.45) is 34.5 Å². The van der Waals surface area contributed by atoms with Gasteiger partial charge in [-0.2, -0.15) is 0 Å². The van der Waals surface area contributed by atoms with Crippen molar-refractivity contribution in [3.8, 4) is 0 Å². The third-order valence-electron chi connectivity index (χ3n) is 8.95. The fraction of sp³-hybridized carbons (Fsp3) is 0.826. The molecule has 0 aromatic rings. The van der Waals surface area contributed by atoms with Crippen LogP contribution in [0, 0.1) is 34.5 Å². The van der Waals surface area contributed by atoms with Crippen LogP contribution in [0.3, 0.4) is 0 Å². The van der Waals surface area contributed by atoms with Crippen molar-refractivity contribution in [3.63, 3.8) is 0 Å². The molecular weight excluding hydrogens is 340 g/mol. The van der Waals surface area contributed by atoms with Crippen LogP contribution in [-0.4, -0.2) is 34.5 Å². The molecule has 2 unspecified atom stereocenters. The molecule has 0 spiro atoms. The standard InChI is InChI=1S/C23H34O4/c1-4-13-20-18(25)10-14-16-6-5-8-22(16,2)9-7-17(14)23(20,3)11-15(21(13)27)19(26)12-24/h14-18,24-25H,4-12H2,1-3H3/t14-,15?,16-,17+,18?,22-,23+/m0/s1. The molecule has 3 saturated carbocycles. The molecular formula is C23H34O4. The molecule has 7 atom stereocenters. The Bertz CT molecular complexity index is 694. The van der Waals surface area contributed by atoms with Gasteiger partial charge in [0.25, 0.3) is 0 Å². The number of hydrogen-bond acceptors (Lipinski definition) is 4. The number of carbonyl (C=O) groups excluding carboxylic acids is 2. The van der Waals surface area contributed by atoms with Crippen molar-refractivity contribution in [1.82, 2.24) is 0 Å². The summed E-state index contributed by atoms with van der Waals surface area (Å²) in [6, 6.07) is 0. The molecule has 4 aliphatic rings. The first kappa shape index (κ1) is 19.3. The minimum atomic E-state index is -0.735. The minimum absolute atomic E-state index is 0.150. The van der Waals surface area contributed by atoms with Gasteiger partial charge >= 0.3 is 0 Å². The van der Waals surface area contributed by atoms with Crippen LogP contribution in [0.4, 0.5) is 0 Å². The molecule has 4 heteroatoms. The van der Waals surface area contributed by atoms with Gasteiger partial charge in [-0.15, -0.1) is 0 Å². The quantitative estimate of drug-likeness (QED) is 0.742. The number of carbonyl (C=O) groups is 2. The number of aliphatic hydroxyl groups is 2. The second-order valence-corrected chi connectivity index (χ2v) is 10.1. The first-order chi connectivity index (χ1) is 12.8. The van der Waals surface area contributed by atoms with Crippen LogP contribution in [0.25, 0.3) is 0 Å². The molecule has 3 fully saturated rings. The average molecular weight is 375 g/mol. The van der Waals surface area contributed by atoms with Crippen LogP contribution in [0.1, 0.15) is 72.1 Å². The fourth-order valence-corrected chi connectivity index (χ4v) is 7.76. The number of rotatable bonds is 3. The van der Waals surface area contributed by atoms with E-state index in [0.29, 0.717) is 41.6 Å². The molecule has 0 heterocycles. The molecule has 27 heavy (non-hydrogen) atoms. The zero-order valence-corrected chi connectivity index (χ0v) is 17.0. The first-order valence-electron chi connectivity index (χ1n) is 10.9. The SMILES string of the molecule is CCC1=C2C(O)C[C@@H]3[C@@H](CC[C@]4(C)CCC[C@@H]34)[C@@]2(C)CC(C(=O)CO)C1=O. The van der Waals surface area contributed by atoms with Crippen LogP contribution >= 0.6 is 0 Å². The number of hydrogen-bond donors (Lipinski definition) is 2. The lowest BCUT2D eigenvalue weighted by atomic mass is 9.45. The van der Waals surface area contributed by atoms with E-state index in [1.807, 2.05) is 6.92 Å². The lowest BCUT2D eigenvalue weighted by Crippen LogP contribution is -2.55. The van der Waals surface area contributed by atoms with Crippen LogP contribution in [0.5, 0.6) is 0 Å². The third kappa shape index (κ3) is 2.62. The lowest BCUT2D eigenvalue weighted by Gasteiger charge is -2.59. The van der Waals surface area contributed by atoms with Gasteiger partial charge in [-0.3, -0.25) is 9.59 Å². The Morgan fingerprint density at radius 1 is 1.19 bits per heavy atom. The van der Waals surface area contributed by atoms with E-state index in [0.717, 1.165) is 18.4 Å². The maximum Gasteiger partial charge on any atom is 0.169 e. The monoisotopic (exact) mass is 374 g/mol. The summed E-state index contributed by atoms with van der Waals surface area (Å²) in [6.45, 7) is 6.00. The van der Waals surface area contributed by atoms with E-state index < -0.39 is 18.6 Å². The Labute approximate surface area is 162 Å². The van der Waals surface area contributed by atoms with Gasteiger partial charge in [0.05, 0.1) is 12.0 Å². The number of ketones is 2. The van der Waals surface area contributed by atoms with Crippen molar-refractivity contribution >= 4 is 11.6 Å². The molecule has 0 saturated heterocycles. The second kappa shape index (κ2) is 6.52. The Morgan fingerprint density at radius 3 is 2.59 bits per heavy atom. The van der Waals surface area contributed by atoms with E-state index in [-0.39, 0.29) is 17.0 Å². The Kier molecular flexibility index (Phi) is 4.67. The third-order valence-corrected chi connectivity index (χ3v) is 8.95. The van der Waals surface area contributed by atoms with Crippen molar-refractivity contribution in [1.29, 1.82) is 0 Å². The molecule has 0 aromatic carbocycles. The highest BCUT2D eigenvalue weighted by molar-refractivity contribution is 6.12. The van der Waals surface area contributed by atoms with Crippen LogP contribution in [0.15, 0.2) is 11.1 Å². The lowest BCUT2D eigenvalue weighted by molar-refractivity contribution is -0.138. The fourth-order valence-electron chi connectivity index (χ4n) is 7.76. The van der Waals surface area contributed by atoms with Crippen LogP contribution in [-0.2, 0) is 9.59 Å². The maximum atomic E-state index is 13.0. The van der Waals surface area contributed by atoms with Gasteiger partial charge in [0.1, 0.15) is 6.61 Å². The van der Waals surface area contributed by atoms with Gasteiger partial charge in [-0.1, -0.05) is 27.2 Å². The van der Waals surface area contributed by atoms with Gasteiger partial charge in [0.15, 0.2) is 11.6 Å². The van der Waals surface area contributed by atoms with Crippen molar-refractivity contribution in [2.75, 3.05) is 6.61 Å². The van der Waals surface area contributed by atoms with E-state index in [4.69, 9.17) is 0 Å². The molecule has 2 N–H and O–H groups in total. The summed E-state index contributed by atoms with van der Waals surface area (Å²) in [5.74, 6) is 0.315. The summed E-state index contributed by atoms with van der Waals surface area (Å²) in [5.41, 5.74) is 1.69.